The monoisotopic (exact) mass is 485 g/mol. The third-order valence-electron chi connectivity index (χ3n) is 6.52. The van der Waals surface area contributed by atoms with Crippen molar-refractivity contribution in [1.82, 2.24) is 14.5 Å². The normalized spacial score (nSPS) is 26.5. The number of fused-ring (bicyclic) bond motifs is 1. The summed E-state index contributed by atoms with van der Waals surface area (Å²) in [6.07, 6.45) is 7.69. The van der Waals surface area contributed by atoms with Crippen LogP contribution in [0.1, 0.15) is 63.5 Å². The molecule has 2 aliphatic rings. The number of halogens is 2. The average Bonchev–Trinajstić information content (AvgIpc) is 3.02. The molecule has 1 aromatic carbocycles. The number of rotatable bonds is 5. The van der Waals surface area contributed by atoms with E-state index in [1.165, 1.54) is 18.4 Å². The first-order chi connectivity index (χ1) is 13.5. The molecule has 4 rings (SSSR count). The summed E-state index contributed by atoms with van der Waals surface area (Å²) in [7, 11) is 0. The van der Waals surface area contributed by atoms with E-state index in [9.17, 15) is 4.79 Å². The summed E-state index contributed by atoms with van der Waals surface area (Å²) in [5.41, 5.74) is 3.24. The Bertz CT molecular complexity index is 865. The lowest BCUT2D eigenvalue weighted by Gasteiger charge is -2.43. The Kier molecular flexibility index (Phi) is 7.52. The van der Waals surface area contributed by atoms with Gasteiger partial charge in [-0.1, -0.05) is 28.9 Å². The van der Waals surface area contributed by atoms with Crippen molar-refractivity contribution in [3.8, 4) is 0 Å². The van der Waals surface area contributed by atoms with Crippen LogP contribution in [0, 0.1) is 6.92 Å². The number of nitrogens with one attached hydrogen (secondary N) is 1. The minimum Gasteiger partial charge on any atom is -0.364 e. The molecule has 2 aromatic rings. The highest BCUT2D eigenvalue weighted by atomic mass is 79.9. The van der Waals surface area contributed by atoms with Gasteiger partial charge in [-0.25, -0.2) is 4.79 Å². The molecule has 0 bridgehead atoms. The van der Waals surface area contributed by atoms with Gasteiger partial charge in [-0.3, -0.25) is 4.57 Å². The first kappa shape index (κ1) is 22.9. The van der Waals surface area contributed by atoms with E-state index in [-0.39, 0.29) is 22.6 Å². The second kappa shape index (κ2) is 9.54. The number of aryl methyl sites for hydroxylation is 1. The predicted molar refractivity (Wildman–Crippen MR) is 125 cm³/mol. The number of aromatic nitrogens is 2. The number of nitrogens with zero attached hydrogens (tertiary/aromatic N) is 2. The van der Waals surface area contributed by atoms with Gasteiger partial charge < -0.3 is 14.6 Å². The van der Waals surface area contributed by atoms with E-state index < -0.39 is 0 Å². The summed E-state index contributed by atoms with van der Waals surface area (Å²) in [4.78, 5) is 18.2. The number of benzene rings is 1. The smallest absolute Gasteiger partial charge is 0.326 e. The van der Waals surface area contributed by atoms with Gasteiger partial charge in [0.1, 0.15) is 4.51 Å². The molecule has 7 heteroatoms. The van der Waals surface area contributed by atoms with Gasteiger partial charge >= 0.3 is 5.69 Å². The van der Waals surface area contributed by atoms with Gasteiger partial charge in [0.15, 0.2) is 0 Å². The van der Waals surface area contributed by atoms with Crippen LogP contribution < -0.4 is 5.69 Å². The molecule has 29 heavy (non-hydrogen) atoms. The van der Waals surface area contributed by atoms with E-state index in [0.29, 0.717) is 12.1 Å². The molecule has 2 fully saturated rings. The van der Waals surface area contributed by atoms with Crippen LogP contribution >= 0.6 is 28.3 Å². The van der Waals surface area contributed by atoms with Crippen molar-refractivity contribution in [1.29, 1.82) is 0 Å². The zero-order valence-electron chi connectivity index (χ0n) is 17.5. The molecule has 1 saturated carbocycles. The Balaban J connectivity index is 0.00000240. The molecule has 0 amide bonds. The number of H-pyrrole nitrogens is 1. The topological polar surface area (TPSA) is 50.3 Å². The first-order valence-corrected chi connectivity index (χ1v) is 11.6. The molecule has 162 valence electrons. The van der Waals surface area contributed by atoms with Gasteiger partial charge in [-0.05, 0) is 69.6 Å². The Morgan fingerprint density at radius 1 is 1.17 bits per heavy atom. The highest BCUT2D eigenvalue weighted by molar-refractivity contribution is 9.10. The number of alkyl halides is 1. The maximum atomic E-state index is 12.6. The third-order valence-corrected chi connectivity index (χ3v) is 7.54. The van der Waals surface area contributed by atoms with Crippen LogP contribution in [0.4, 0.5) is 0 Å². The Hall–Kier alpha value is -0.820. The second-order valence-corrected chi connectivity index (χ2v) is 10.00. The second-order valence-electron chi connectivity index (χ2n) is 8.55. The number of aromatic amines is 1. The molecule has 2 heterocycles. The zero-order chi connectivity index (χ0) is 19.7. The van der Waals surface area contributed by atoms with Crippen LogP contribution in [0.25, 0.3) is 11.0 Å². The lowest BCUT2D eigenvalue weighted by molar-refractivity contribution is -0.0162. The largest absolute Gasteiger partial charge is 0.364 e. The maximum Gasteiger partial charge on any atom is 0.326 e. The fourth-order valence-corrected chi connectivity index (χ4v) is 5.55. The lowest BCUT2D eigenvalue weighted by atomic mass is 9.90. The van der Waals surface area contributed by atoms with Crippen LogP contribution in [-0.4, -0.2) is 44.7 Å². The minimum absolute atomic E-state index is 0. The fourth-order valence-electron chi connectivity index (χ4n) is 4.93. The van der Waals surface area contributed by atoms with E-state index >= 15 is 0 Å². The molecule has 0 spiro atoms. The standard InChI is InChI=1S/C22H32BrN3O2.ClH/c1-3-14-28-22(23)10-6-17(7-11-22)25-12-8-18(9-13-25)26-20-15-16(2)4-5-19(20)24-21(26)27;/h4-5,15,17-18H,3,6-14H2,1-2H3,(H,24,27);1H. The zero-order valence-corrected chi connectivity index (χ0v) is 19.9. The number of likely N-dealkylation sites (tertiary alicyclic amines) is 1. The van der Waals surface area contributed by atoms with Crippen LogP contribution in [0.5, 0.6) is 0 Å². The molecule has 1 N–H and O–H groups in total. The van der Waals surface area contributed by atoms with Crippen molar-refractivity contribution >= 4 is 39.4 Å². The summed E-state index contributed by atoms with van der Waals surface area (Å²) in [6.45, 7) is 7.23. The number of ether oxygens (including phenoxy) is 1. The maximum absolute atomic E-state index is 12.6. The SMILES string of the molecule is CCCOC1(Br)CCC(N2CCC(n3c(=O)[nH]c4ccc(C)cc43)CC2)CC1.Cl. The molecule has 1 aromatic heterocycles. The average molecular weight is 487 g/mol. The highest BCUT2D eigenvalue weighted by Gasteiger charge is 2.37. The minimum atomic E-state index is -0.104. The van der Waals surface area contributed by atoms with Crippen molar-refractivity contribution in [2.75, 3.05) is 19.7 Å². The lowest BCUT2D eigenvalue weighted by Crippen LogP contribution is -2.46. The van der Waals surface area contributed by atoms with E-state index in [2.05, 4.69) is 51.8 Å². The highest BCUT2D eigenvalue weighted by Crippen LogP contribution is 2.39. The molecule has 0 unspecified atom stereocenters. The van der Waals surface area contributed by atoms with Gasteiger partial charge in [0.2, 0.25) is 0 Å². The number of hydrogen-bond acceptors (Lipinski definition) is 3. The molecule has 1 aliphatic carbocycles. The van der Waals surface area contributed by atoms with Gasteiger partial charge in [0.05, 0.1) is 11.0 Å². The molecule has 1 saturated heterocycles. The molecular weight excluding hydrogens is 454 g/mol. The summed E-state index contributed by atoms with van der Waals surface area (Å²) < 4.78 is 7.94. The Morgan fingerprint density at radius 3 is 2.52 bits per heavy atom. The fraction of sp³-hybridized carbons (Fsp3) is 0.682. The Morgan fingerprint density at radius 2 is 1.86 bits per heavy atom. The molecule has 1 aliphatic heterocycles. The van der Waals surface area contributed by atoms with E-state index in [4.69, 9.17) is 4.74 Å². The summed E-state index contributed by atoms with van der Waals surface area (Å²) in [6, 6.07) is 7.16. The molecule has 5 nitrogen and oxygen atoms in total. The Labute approximate surface area is 187 Å². The van der Waals surface area contributed by atoms with Crippen molar-refractivity contribution in [3.63, 3.8) is 0 Å². The third kappa shape index (κ3) is 4.92. The van der Waals surface area contributed by atoms with Crippen LogP contribution in [0.3, 0.4) is 0 Å². The van der Waals surface area contributed by atoms with Crippen molar-refractivity contribution < 1.29 is 4.74 Å². The first-order valence-electron chi connectivity index (χ1n) is 10.8. The number of imidazole rings is 1. The molecule has 0 atom stereocenters. The quantitative estimate of drug-likeness (QED) is 0.594. The van der Waals surface area contributed by atoms with Crippen LogP contribution in [0.15, 0.2) is 23.0 Å². The van der Waals surface area contributed by atoms with E-state index in [1.807, 2.05) is 10.6 Å². The number of hydrogen-bond donors (Lipinski definition) is 1. The van der Waals surface area contributed by atoms with Crippen molar-refractivity contribution in [3.05, 3.63) is 34.2 Å². The van der Waals surface area contributed by atoms with Gasteiger partial charge in [-0.2, -0.15) is 0 Å². The molecule has 0 radical (unpaired) electrons. The summed E-state index contributed by atoms with van der Waals surface area (Å²) >= 11 is 3.84. The van der Waals surface area contributed by atoms with E-state index in [1.54, 1.807) is 0 Å². The molecular formula is C22H33BrClN3O2. The van der Waals surface area contributed by atoms with Crippen molar-refractivity contribution in [2.45, 2.75) is 75.4 Å². The van der Waals surface area contributed by atoms with Crippen LogP contribution in [-0.2, 0) is 4.74 Å². The summed E-state index contributed by atoms with van der Waals surface area (Å²) in [5.74, 6) is 0. The van der Waals surface area contributed by atoms with Crippen molar-refractivity contribution in [2.24, 2.45) is 0 Å². The van der Waals surface area contributed by atoms with Crippen LogP contribution in [0.2, 0.25) is 0 Å². The summed E-state index contributed by atoms with van der Waals surface area (Å²) in [5, 5.41) is 0. The number of piperidine rings is 1. The van der Waals surface area contributed by atoms with Gasteiger partial charge in [-0.15, -0.1) is 12.4 Å². The van der Waals surface area contributed by atoms with Gasteiger partial charge in [0.25, 0.3) is 0 Å². The van der Waals surface area contributed by atoms with Gasteiger partial charge in [0, 0.05) is 31.8 Å². The predicted octanol–water partition coefficient (Wildman–Crippen LogP) is 5.16. The van der Waals surface area contributed by atoms with E-state index in [0.717, 1.165) is 62.8 Å².